The Bertz CT molecular complexity index is 844. The van der Waals surface area contributed by atoms with Gasteiger partial charge in [0.25, 0.3) is 5.91 Å². The number of nitrogens with zero attached hydrogens (tertiary/aromatic N) is 4. The molecule has 0 unspecified atom stereocenters. The van der Waals surface area contributed by atoms with Crippen LogP contribution in [0.3, 0.4) is 0 Å². The van der Waals surface area contributed by atoms with Gasteiger partial charge in [-0.05, 0) is 31.0 Å². The van der Waals surface area contributed by atoms with E-state index in [-0.39, 0.29) is 23.2 Å². The van der Waals surface area contributed by atoms with Crippen molar-refractivity contribution in [3.8, 4) is 0 Å². The number of hydrogen-bond acceptors (Lipinski definition) is 4. The second kappa shape index (κ2) is 6.94. The maximum Gasteiger partial charge on any atom is 0.321 e. The quantitative estimate of drug-likeness (QED) is 0.882. The fourth-order valence-corrected chi connectivity index (χ4v) is 3.75. The fourth-order valence-electron chi connectivity index (χ4n) is 3.75. The van der Waals surface area contributed by atoms with Gasteiger partial charge in [-0.15, -0.1) is 0 Å². The van der Waals surface area contributed by atoms with E-state index in [1.807, 2.05) is 0 Å². The van der Waals surface area contributed by atoms with Gasteiger partial charge < -0.3 is 15.1 Å². The second-order valence-corrected chi connectivity index (χ2v) is 7.18. The van der Waals surface area contributed by atoms with Crippen LogP contribution in [0.4, 0.5) is 14.9 Å². The Morgan fingerprint density at radius 1 is 1.11 bits per heavy atom. The third-order valence-electron chi connectivity index (χ3n) is 5.31. The van der Waals surface area contributed by atoms with Crippen LogP contribution in [0.5, 0.6) is 0 Å². The van der Waals surface area contributed by atoms with Gasteiger partial charge in [0.1, 0.15) is 11.5 Å². The third kappa shape index (κ3) is 3.60. The first kappa shape index (κ1) is 17.4. The van der Waals surface area contributed by atoms with Crippen LogP contribution in [-0.4, -0.2) is 57.9 Å². The summed E-state index contributed by atoms with van der Waals surface area (Å²) >= 11 is 0. The number of anilines is 1. The summed E-state index contributed by atoms with van der Waals surface area (Å²) in [7, 11) is 0. The molecule has 1 aromatic carbocycles. The monoisotopic (exact) mass is 369 g/mol. The Hall–Kier alpha value is -3.03. The minimum absolute atomic E-state index is 0.0679. The predicted octanol–water partition coefficient (Wildman–Crippen LogP) is 2.39. The zero-order valence-corrected chi connectivity index (χ0v) is 14.8. The topological polar surface area (TPSA) is 78.4 Å². The largest absolute Gasteiger partial charge is 0.337 e. The fraction of sp³-hybridized carbons (Fsp3) is 0.368. The molecule has 140 valence electrons. The normalized spacial score (nSPS) is 18.1. The van der Waals surface area contributed by atoms with E-state index in [4.69, 9.17) is 0 Å². The Balaban J connectivity index is 1.28. The highest BCUT2D eigenvalue weighted by molar-refractivity contribution is 5.92. The van der Waals surface area contributed by atoms with Crippen LogP contribution in [0.25, 0.3) is 0 Å². The summed E-state index contributed by atoms with van der Waals surface area (Å²) in [6.45, 7) is 2.60. The van der Waals surface area contributed by atoms with Crippen molar-refractivity contribution in [2.24, 2.45) is 5.41 Å². The lowest BCUT2D eigenvalue weighted by molar-refractivity contribution is -0.0147. The van der Waals surface area contributed by atoms with Crippen molar-refractivity contribution < 1.29 is 14.0 Å². The molecule has 7 nitrogen and oxygen atoms in total. The first-order valence-electron chi connectivity index (χ1n) is 8.92. The van der Waals surface area contributed by atoms with Crippen molar-refractivity contribution in [2.45, 2.75) is 12.8 Å². The van der Waals surface area contributed by atoms with Gasteiger partial charge in [-0.1, -0.05) is 6.07 Å². The van der Waals surface area contributed by atoms with Crippen LogP contribution in [-0.2, 0) is 0 Å². The second-order valence-electron chi connectivity index (χ2n) is 7.18. The minimum Gasteiger partial charge on any atom is -0.337 e. The van der Waals surface area contributed by atoms with Gasteiger partial charge in [0.2, 0.25) is 0 Å². The molecule has 2 fully saturated rings. The molecule has 3 amide bonds. The van der Waals surface area contributed by atoms with Crippen molar-refractivity contribution in [1.29, 1.82) is 0 Å². The van der Waals surface area contributed by atoms with Crippen molar-refractivity contribution in [2.75, 3.05) is 31.5 Å². The molecule has 27 heavy (non-hydrogen) atoms. The van der Waals surface area contributed by atoms with E-state index in [9.17, 15) is 14.0 Å². The molecule has 0 saturated carbocycles. The lowest BCUT2D eigenvalue weighted by Gasteiger charge is -2.53. The molecule has 0 radical (unpaired) electrons. The maximum atomic E-state index is 13.2. The number of hydrogen-bond donors (Lipinski definition) is 1. The molecule has 0 aliphatic carbocycles. The van der Waals surface area contributed by atoms with Crippen molar-refractivity contribution >= 4 is 17.6 Å². The van der Waals surface area contributed by atoms with Crippen molar-refractivity contribution in [1.82, 2.24) is 19.8 Å². The Kier molecular flexibility index (Phi) is 4.47. The van der Waals surface area contributed by atoms with E-state index in [2.05, 4.69) is 15.3 Å². The number of aromatic nitrogens is 2. The number of urea groups is 1. The molecule has 2 saturated heterocycles. The van der Waals surface area contributed by atoms with Gasteiger partial charge in [-0.2, -0.15) is 0 Å². The van der Waals surface area contributed by atoms with E-state index in [0.717, 1.165) is 12.8 Å². The summed E-state index contributed by atoms with van der Waals surface area (Å²) in [4.78, 5) is 36.3. The number of nitrogens with one attached hydrogen (secondary N) is 1. The van der Waals surface area contributed by atoms with Gasteiger partial charge in [0.05, 0.1) is 6.20 Å². The van der Waals surface area contributed by atoms with E-state index >= 15 is 0 Å². The van der Waals surface area contributed by atoms with Crippen LogP contribution in [0, 0.1) is 11.2 Å². The first-order chi connectivity index (χ1) is 13.0. The Morgan fingerprint density at radius 2 is 1.89 bits per heavy atom. The Morgan fingerprint density at radius 3 is 2.56 bits per heavy atom. The summed E-state index contributed by atoms with van der Waals surface area (Å²) < 4.78 is 13.2. The zero-order valence-electron chi connectivity index (χ0n) is 14.8. The Labute approximate surface area is 156 Å². The number of rotatable bonds is 2. The molecule has 2 aliphatic rings. The summed E-state index contributed by atoms with van der Waals surface area (Å²) in [6, 6.07) is 5.64. The third-order valence-corrected chi connectivity index (χ3v) is 5.31. The molecule has 1 spiro atoms. The van der Waals surface area contributed by atoms with Crippen molar-refractivity contribution in [3.63, 3.8) is 0 Å². The maximum absolute atomic E-state index is 13.2. The minimum atomic E-state index is -0.381. The first-order valence-corrected chi connectivity index (χ1v) is 8.92. The molecule has 1 N–H and O–H groups in total. The highest BCUT2D eigenvalue weighted by Crippen LogP contribution is 2.40. The van der Waals surface area contributed by atoms with Crippen LogP contribution in [0.15, 0.2) is 42.9 Å². The molecule has 8 heteroatoms. The van der Waals surface area contributed by atoms with Gasteiger partial charge in [0.15, 0.2) is 0 Å². The highest BCUT2D eigenvalue weighted by Gasteiger charge is 2.47. The number of carbonyl (C=O) groups is 2. The summed E-state index contributed by atoms with van der Waals surface area (Å²) in [5, 5.41) is 2.72. The number of halogens is 1. The van der Waals surface area contributed by atoms with E-state index in [0.29, 0.717) is 37.6 Å². The molecular weight excluding hydrogens is 349 g/mol. The van der Waals surface area contributed by atoms with E-state index in [1.54, 1.807) is 28.1 Å². The van der Waals surface area contributed by atoms with E-state index in [1.165, 1.54) is 24.5 Å². The number of amides is 3. The van der Waals surface area contributed by atoms with Crippen LogP contribution >= 0.6 is 0 Å². The molecule has 4 rings (SSSR count). The number of carbonyl (C=O) groups excluding carboxylic acids is 2. The van der Waals surface area contributed by atoms with E-state index < -0.39 is 0 Å². The lowest BCUT2D eigenvalue weighted by Crippen LogP contribution is -2.63. The van der Waals surface area contributed by atoms with Crippen LogP contribution in [0.2, 0.25) is 0 Å². The molecule has 0 bridgehead atoms. The standard InChI is InChI=1S/C19H20FN5O2/c20-14-2-1-3-15(10-14)23-18(27)25-12-19(13-25)4-8-24(9-5-19)17(26)16-11-21-6-7-22-16/h1-3,6-7,10-11H,4-5,8-9,12-13H2,(H,23,27). The smallest absolute Gasteiger partial charge is 0.321 e. The average molecular weight is 369 g/mol. The van der Waals surface area contributed by atoms with Crippen LogP contribution < -0.4 is 5.32 Å². The van der Waals surface area contributed by atoms with Gasteiger partial charge in [-0.3, -0.25) is 9.78 Å². The highest BCUT2D eigenvalue weighted by atomic mass is 19.1. The summed E-state index contributed by atoms with van der Waals surface area (Å²) in [6.07, 6.45) is 6.24. The number of piperidine rings is 1. The van der Waals surface area contributed by atoms with Gasteiger partial charge in [0, 0.05) is 49.7 Å². The number of likely N-dealkylation sites (tertiary alicyclic amines) is 2. The van der Waals surface area contributed by atoms with Crippen molar-refractivity contribution in [3.05, 3.63) is 54.4 Å². The molecule has 2 aromatic rings. The van der Waals surface area contributed by atoms with Gasteiger partial charge >= 0.3 is 6.03 Å². The molecule has 1 aromatic heterocycles. The van der Waals surface area contributed by atoms with Gasteiger partial charge in [-0.25, -0.2) is 14.2 Å². The molecule has 2 aliphatic heterocycles. The summed E-state index contributed by atoms with van der Waals surface area (Å²) in [5.41, 5.74) is 0.877. The average Bonchev–Trinajstić information content (AvgIpc) is 2.66. The predicted molar refractivity (Wildman–Crippen MR) is 96.6 cm³/mol. The lowest BCUT2D eigenvalue weighted by atomic mass is 9.72. The molecule has 3 heterocycles. The number of benzene rings is 1. The SMILES string of the molecule is O=C(Nc1cccc(F)c1)N1CC2(CCN(C(=O)c3cnccn3)CC2)C1. The zero-order chi connectivity index (χ0) is 18.9. The summed E-state index contributed by atoms with van der Waals surface area (Å²) in [5.74, 6) is -0.481. The molecule has 0 atom stereocenters. The van der Waals surface area contributed by atoms with Crippen LogP contribution in [0.1, 0.15) is 23.3 Å². The molecular formula is C19H20FN5O2.